The SMILES string of the molecule is COc1cccnc1C(NN)c1cncc(F)c1. The summed E-state index contributed by atoms with van der Waals surface area (Å²) in [7, 11) is 1.54. The molecule has 0 saturated carbocycles. The first-order chi connectivity index (χ1) is 8.76. The number of nitrogens with two attached hydrogens (primary N) is 1. The molecule has 1 unspecified atom stereocenters. The zero-order chi connectivity index (χ0) is 13.0. The second kappa shape index (κ2) is 5.52. The van der Waals surface area contributed by atoms with Crippen molar-refractivity contribution in [2.24, 2.45) is 5.84 Å². The Bertz CT molecular complexity index is 535. The molecule has 0 aliphatic rings. The number of ether oxygens (including phenoxy) is 1. The van der Waals surface area contributed by atoms with Gasteiger partial charge in [0.2, 0.25) is 0 Å². The molecule has 0 spiro atoms. The van der Waals surface area contributed by atoms with E-state index in [1.54, 1.807) is 18.3 Å². The first kappa shape index (κ1) is 12.4. The topological polar surface area (TPSA) is 73.1 Å². The molecular formula is C12H13FN4O. The summed E-state index contributed by atoms with van der Waals surface area (Å²) in [6, 6.07) is 4.38. The molecule has 0 saturated heterocycles. The summed E-state index contributed by atoms with van der Waals surface area (Å²) in [5.74, 6) is 5.66. The van der Waals surface area contributed by atoms with Crippen molar-refractivity contribution in [2.45, 2.75) is 6.04 Å². The van der Waals surface area contributed by atoms with Crippen molar-refractivity contribution < 1.29 is 9.13 Å². The van der Waals surface area contributed by atoms with E-state index in [1.165, 1.54) is 19.4 Å². The van der Waals surface area contributed by atoms with Gasteiger partial charge in [0.25, 0.3) is 0 Å². The Balaban J connectivity index is 2.45. The minimum atomic E-state index is -0.482. The lowest BCUT2D eigenvalue weighted by atomic mass is 10.1. The molecule has 0 bridgehead atoms. The van der Waals surface area contributed by atoms with E-state index in [4.69, 9.17) is 10.6 Å². The summed E-state index contributed by atoms with van der Waals surface area (Å²) in [6.07, 6.45) is 4.28. The molecular weight excluding hydrogens is 235 g/mol. The maximum absolute atomic E-state index is 13.2. The zero-order valence-electron chi connectivity index (χ0n) is 9.80. The van der Waals surface area contributed by atoms with Crippen molar-refractivity contribution in [1.82, 2.24) is 15.4 Å². The van der Waals surface area contributed by atoms with E-state index in [0.717, 1.165) is 6.20 Å². The lowest BCUT2D eigenvalue weighted by molar-refractivity contribution is 0.400. The van der Waals surface area contributed by atoms with Crippen LogP contribution in [0.1, 0.15) is 17.3 Å². The summed E-state index contributed by atoms with van der Waals surface area (Å²) in [5.41, 5.74) is 3.74. The highest BCUT2D eigenvalue weighted by atomic mass is 19.1. The van der Waals surface area contributed by atoms with Gasteiger partial charge in [0.1, 0.15) is 17.3 Å². The summed E-state index contributed by atoms with van der Waals surface area (Å²) in [6.45, 7) is 0. The number of aromatic nitrogens is 2. The molecule has 2 aromatic heterocycles. The molecule has 0 radical (unpaired) electrons. The number of methoxy groups -OCH3 is 1. The molecule has 0 amide bonds. The fourth-order valence-electron chi connectivity index (χ4n) is 1.71. The molecule has 0 aliphatic heterocycles. The smallest absolute Gasteiger partial charge is 0.142 e. The van der Waals surface area contributed by atoms with E-state index in [-0.39, 0.29) is 0 Å². The zero-order valence-corrected chi connectivity index (χ0v) is 9.80. The van der Waals surface area contributed by atoms with Gasteiger partial charge in [-0.25, -0.2) is 9.82 Å². The highest BCUT2D eigenvalue weighted by Crippen LogP contribution is 2.26. The number of nitrogens with zero attached hydrogens (tertiary/aromatic N) is 2. The van der Waals surface area contributed by atoms with Gasteiger partial charge in [-0.15, -0.1) is 0 Å². The highest BCUT2D eigenvalue weighted by molar-refractivity contribution is 5.35. The van der Waals surface area contributed by atoms with Crippen molar-refractivity contribution in [3.8, 4) is 5.75 Å². The number of pyridine rings is 2. The number of hydrazine groups is 1. The van der Waals surface area contributed by atoms with Gasteiger partial charge in [0, 0.05) is 12.4 Å². The Labute approximate surface area is 104 Å². The highest BCUT2D eigenvalue weighted by Gasteiger charge is 2.18. The maximum atomic E-state index is 13.2. The monoisotopic (exact) mass is 248 g/mol. The number of hydrogen-bond donors (Lipinski definition) is 2. The molecule has 0 aliphatic carbocycles. The van der Waals surface area contributed by atoms with E-state index >= 15 is 0 Å². The standard InChI is InChI=1S/C12H13FN4O/c1-18-10-3-2-4-16-12(10)11(17-14)8-5-9(13)7-15-6-8/h2-7,11,17H,14H2,1H3. The Morgan fingerprint density at radius 2 is 2.28 bits per heavy atom. The van der Waals surface area contributed by atoms with Crippen LogP contribution in [0.4, 0.5) is 4.39 Å². The van der Waals surface area contributed by atoms with Crippen molar-refractivity contribution in [3.05, 3.63) is 53.9 Å². The quantitative estimate of drug-likeness (QED) is 0.628. The maximum Gasteiger partial charge on any atom is 0.142 e. The van der Waals surface area contributed by atoms with Crippen LogP contribution in [-0.4, -0.2) is 17.1 Å². The minimum Gasteiger partial charge on any atom is -0.495 e. The molecule has 94 valence electrons. The molecule has 3 N–H and O–H groups in total. The third-order valence-electron chi connectivity index (χ3n) is 2.52. The average molecular weight is 248 g/mol. The van der Waals surface area contributed by atoms with E-state index in [1.807, 2.05) is 0 Å². The van der Waals surface area contributed by atoms with Crippen LogP contribution in [0.5, 0.6) is 5.75 Å². The lowest BCUT2D eigenvalue weighted by Gasteiger charge is -2.17. The van der Waals surface area contributed by atoms with E-state index < -0.39 is 11.9 Å². The Hall–Kier alpha value is -2.05. The molecule has 5 nitrogen and oxygen atoms in total. The van der Waals surface area contributed by atoms with Gasteiger partial charge >= 0.3 is 0 Å². The van der Waals surface area contributed by atoms with Crippen LogP contribution in [0.3, 0.4) is 0 Å². The Kier molecular flexibility index (Phi) is 3.81. The van der Waals surface area contributed by atoms with Crippen LogP contribution in [0.15, 0.2) is 36.8 Å². The van der Waals surface area contributed by atoms with Crippen molar-refractivity contribution in [1.29, 1.82) is 0 Å². The van der Waals surface area contributed by atoms with Crippen LogP contribution in [0.25, 0.3) is 0 Å². The van der Waals surface area contributed by atoms with Gasteiger partial charge in [-0.3, -0.25) is 15.8 Å². The molecule has 1 atom stereocenters. The molecule has 2 heterocycles. The van der Waals surface area contributed by atoms with Gasteiger partial charge in [-0.1, -0.05) is 0 Å². The first-order valence-electron chi connectivity index (χ1n) is 5.31. The first-order valence-corrected chi connectivity index (χ1v) is 5.31. The van der Waals surface area contributed by atoms with Crippen LogP contribution >= 0.6 is 0 Å². The molecule has 6 heteroatoms. The van der Waals surface area contributed by atoms with E-state index in [9.17, 15) is 4.39 Å². The van der Waals surface area contributed by atoms with Gasteiger partial charge < -0.3 is 4.74 Å². The third kappa shape index (κ3) is 2.44. The number of nitrogens with one attached hydrogen (secondary N) is 1. The third-order valence-corrected chi connectivity index (χ3v) is 2.52. The Morgan fingerprint density at radius 1 is 1.44 bits per heavy atom. The van der Waals surface area contributed by atoms with Crippen LogP contribution in [0, 0.1) is 5.82 Å². The number of halogens is 1. The second-order valence-corrected chi connectivity index (χ2v) is 3.63. The van der Waals surface area contributed by atoms with E-state index in [2.05, 4.69) is 15.4 Å². The van der Waals surface area contributed by atoms with Crippen molar-refractivity contribution in [2.75, 3.05) is 7.11 Å². The van der Waals surface area contributed by atoms with Crippen LogP contribution in [0.2, 0.25) is 0 Å². The molecule has 2 rings (SSSR count). The largest absolute Gasteiger partial charge is 0.495 e. The summed E-state index contributed by atoms with van der Waals surface area (Å²) < 4.78 is 18.4. The molecule has 0 aromatic carbocycles. The predicted octanol–water partition coefficient (Wildman–Crippen LogP) is 1.18. The second-order valence-electron chi connectivity index (χ2n) is 3.63. The Morgan fingerprint density at radius 3 is 2.94 bits per heavy atom. The summed E-state index contributed by atoms with van der Waals surface area (Å²) in [4.78, 5) is 8.00. The van der Waals surface area contributed by atoms with Gasteiger partial charge in [0.05, 0.1) is 19.3 Å². The number of hydrogen-bond acceptors (Lipinski definition) is 5. The van der Waals surface area contributed by atoms with Crippen molar-refractivity contribution in [3.63, 3.8) is 0 Å². The summed E-state index contributed by atoms with van der Waals surface area (Å²) >= 11 is 0. The van der Waals surface area contributed by atoms with Gasteiger partial charge in [-0.2, -0.15) is 0 Å². The average Bonchev–Trinajstić information content (AvgIpc) is 2.40. The molecule has 2 aromatic rings. The van der Waals surface area contributed by atoms with Crippen molar-refractivity contribution >= 4 is 0 Å². The fraction of sp³-hybridized carbons (Fsp3) is 0.167. The molecule has 18 heavy (non-hydrogen) atoms. The van der Waals surface area contributed by atoms with Crippen LogP contribution < -0.4 is 16.0 Å². The van der Waals surface area contributed by atoms with Crippen LogP contribution in [-0.2, 0) is 0 Å². The minimum absolute atomic E-state index is 0.428. The normalized spacial score (nSPS) is 12.2. The summed E-state index contributed by atoms with van der Waals surface area (Å²) in [5, 5.41) is 0. The molecule has 0 fully saturated rings. The lowest BCUT2D eigenvalue weighted by Crippen LogP contribution is -2.30. The van der Waals surface area contributed by atoms with Gasteiger partial charge in [-0.05, 0) is 23.8 Å². The fourth-order valence-corrected chi connectivity index (χ4v) is 1.71. The number of rotatable bonds is 4. The van der Waals surface area contributed by atoms with Gasteiger partial charge in [0.15, 0.2) is 0 Å². The van der Waals surface area contributed by atoms with E-state index in [0.29, 0.717) is 17.0 Å². The predicted molar refractivity (Wildman–Crippen MR) is 64.2 cm³/mol.